The van der Waals surface area contributed by atoms with E-state index in [0.29, 0.717) is 19.6 Å². The number of benzene rings is 1. The molecule has 2 aliphatic heterocycles. The molecule has 1 aromatic carbocycles. The number of carbonyl (C=O) groups excluding carboxylic acids is 3. The highest BCUT2D eigenvalue weighted by Gasteiger charge is 2.40. The Morgan fingerprint density at radius 3 is 2.42 bits per heavy atom. The molecule has 0 saturated carbocycles. The highest BCUT2D eigenvalue weighted by Crippen LogP contribution is 2.25. The molecule has 1 aromatic rings. The van der Waals surface area contributed by atoms with Crippen LogP contribution in [0.15, 0.2) is 30.3 Å². The lowest BCUT2D eigenvalue weighted by molar-refractivity contribution is -0.143. The number of para-hydroxylation sites is 1. The van der Waals surface area contributed by atoms with Gasteiger partial charge in [-0.2, -0.15) is 0 Å². The number of piperidine rings is 1. The first-order valence-electron chi connectivity index (χ1n) is 9.23. The van der Waals surface area contributed by atoms with Crippen LogP contribution in [-0.4, -0.2) is 48.3 Å². The molecule has 3 rings (SSSR count). The molecule has 0 radical (unpaired) electrons. The van der Waals surface area contributed by atoms with Crippen molar-refractivity contribution in [2.45, 2.75) is 39.7 Å². The van der Waals surface area contributed by atoms with Gasteiger partial charge in [0.05, 0.1) is 12.5 Å². The molecule has 0 aromatic heterocycles. The van der Waals surface area contributed by atoms with Gasteiger partial charge in [0.1, 0.15) is 6.04 Å². The first-order valence-corrected chi connectivity index (χ1v) is 9.23. The van der Waals surface area contributed by atoms with Crippen LogP contribution >= 0.6 is 0 Å². The van der Waals surface area contributed by atoms with Crippen LogP contribution in [0.3, 0.4) is 0 Å². The smallest absolute Gasteiger partial charge is 0.251 e. The summed E-state index contributed by atoms with van der Waals surface area (Å²) in [5.41, 5.74) is 0.404. The first-order chi connectivity index (χ1) is 12.3. The van der Waals surface area contributed by atoms with Gasteiger partial charge in [0.2, 0.25) is 11.8 Å². The fraction of sp³-hybridized carbons (Fsp3) is 0.550. The fourth-order valence-electron chi connectivity index (χ4n) is 3.51. The number of nitrogens with one attached hydrogen (secondary N) is 1. The Morgan fingerprint density at radius 1 is 1.12 bits per heavy atom. The summed E-state index contributed by atoms with van der Waals surface area (Å²) in [5.74, 6) is -0.371. The molecule has 3 amide bonds. The van der Waals surface area contributed by atoms with E-state index in [9.17, 15) is 14.4 Å². The van der Waals surface area contributed by atoms with Crippen LogP contribution in [0.5, 0.6) is 0 Å². The molecule has 0 spiro atoms. The van der Waals surface area contributed by atoms with Crippen molar-refractivity contribution in [2.24, 2.45) is 11.3 Å². The summed E-state index contributed by atoms with van der Waals surface area (Å²) in [6.07, 6.45) is 1.57. The number of anilines is 1. The van der Waals surface area contributed by atoms with Crippen molar-refractivity contribution in [1.82, 2.24) is 10.2 Å². The molecular weight excluding hydrogens is 330 g/mol. The van der Waals surface area contributed by atoms with Crippen LogP contribution in [0.2, 0.25) is 0 Å². The topological polar surface area (TPSA) is 69.7 Å². The Kier molecular flexibility index (Phi) is 5.03. The molecule has 2 unspecified atom stereocenters. The van der Waals surface area contributed by atoms with E-state index < -0.39 is 11.5 Å². The van der Waals surface area contributed by atoms with Crippen molar-refractivity contribution >= 4 is 23.4 Å². The first kappa shape index (κ1) is 18.4. The second-order valence-corrected chi connectivity index (χ2v) is 8.19. The average Bonchev–Trinajstić information content (AvgIpc) is 2.63. The quantitative estimate of drug-likeness (QED) is 0.839. The summed E-state index contributed by atoms with van der Waals surface area (Å²) in [7, 11) is 0. The van der Waals surface area contributed by atoms with E-state index in [-0.39, 0.29) is 23.6 Å². The number of rotatable bonds is 3. The van der Waals surface area contributed by atoms with Crippen molar-refractivity contribution in [1.29, 1.82) is 0 Å². The Hall–Kier alpha value is -2.37. The molecule has 6 heteroatoms. The van der Waals surface area contributed by atoms with Gasteiger partial charge in [0, 0.05) is 24.2 Å². The van der Waals surface area contributed by atoms with Gasteiger partial charge >= 0.3 is 0 Å². The minimum Gasteiger partial charge on any atom is -0.342 e. The molecule has 26 heavy (non-hydrogen) atoms. The minimum atomic E-state index is -0.462. The number of β-lactam (4-membered cyclic amide) rings is 1. The van der Waals surface area contributed by atoms with Gasteiger partial charge in [-0.3, -0.25) is 14.4 Å². The van der Waals surface area contributed by atoms with Gasteiger partial charge in [-0.05, 0) is 25.0 Å². The van der Waals surface area contributed by atoms with Crippen LogP contribution in [0.25, 0.3) is 0 Å². The monoisotopic (exact) mass is 357 g/mol. The summed E-state index contributed by atoms with van der Waals surface area (Å²) < 4.78 is 0. The summed E-state index contributed by atoms with van der Waals surface area (Å²) in [6, 6.07) is 8.98. The Bertz CT molecular complexity index is 696. The van der Waals surface area contributed by atoms with E-state index in [1.165, 1.54) is 0 Å². The van der Waals surface area contributed by atoms with E-state index in [4.69, 9.17) is 0 Å². The molecule has 0 bridgehead atoms. The number of hydrogen-bond donors (Lipinski definition) is 1. The number of nitrogens with zero attached hydrogens (tertiary/aromatic N) is 2. The largest absolute Gasteiger partial charge is 0.342 e. The Labute approximate surface area is 154 Å². The van der Waals surface area contributed by atoms with E-state index in [2.05, 4.69) is 5.32 Å². The number of likely N-dealkylation sites (tertiary alicyclic amines) is 1. The van der Waals surface area contributed by atoms with Crippen LogP contribution < -0.4 is 10.2 Å². The maximum Gasteiger partial charge on any atom is 0.251 e. The lowest BCUT2D eigenvalue weighted by Gasteiger charge is -2.40. The lowest BCUT2D eigenvalue weighted by atomic mass is 9.90. The van der Waals surface area contributed by atoms with E-state index in [0.717, 1.165) is 18.5 Å². The average molecular weight is 357 g/mol. The highest BCUT2D eigenvalue weighted by molar-refractivity contribution is 6.05. The normalized spacial score (nSPS) is 23.4. The van der Waals surface area contributed by atoms with Gasteiger partial charge in [0.15, 0.2) is 0 Å². The molecule has 0 aliphatic carbocycles. The summed E-state index contributed by atoms with van der Waals surface area (Å²) in [5, 5.41) is 2.87. The zero-order valence-electron chi connectivity index (χ0n) is 15.7. The third kappa shape index (κ3) is 3.74. The molecule has 2 heterocycles. The van der Waals surface area contributed by atoms with Gasteiger partial charge in [-0.15, -0.1) is 0 Å². The predicted octanol–water partition coefficient (Wildman–Crippen LogP) is 1.80. The van der Waals surface area contributed by atoms with Crippen molar-refractivity contribution < 1.29 is 14.4 Å². The van der Waals surface area contributed by atoms with Gasteiger partial charge < -0.3 is 15.1 Å². The summed E-state index contributed by atoms with van der Waals surface area (Å²) >= 11 is 0. The minimum absolute atomic E-state index is 0.0740. The van der Waals surface area contributed by atoms with Crippen molar-refractivity contribution in [3.05, 3.63) is 30.3 Å². The predicted molar refractivity (Wildman–Crippen MR) is 99.5 cm³/mol. The fourth-order valence-corrected chi connectivity index (χ4v) is 3.51. The second kappa shape index (κ2) is 7.09. The lowest BCUT2D eigenvalue weighted by Crippen LogP contribution is -2.65. The second-order valence-electron chi connectivity index (χ2n) is 8.19. The van der Waals surface area contributed by atoms with Crippen LogP contribution in [-0.2, 0) is 14.4 Å². The molecular formula is C20H27N3O3. The molecule has 2 fully saturated rings. The summed E-state index contributed by atoms with van der Waals surface area (Å²) in [4.78, 5) is 40.8. The van der Waals surface area contributed by atoms with Crippen LogP contribution in [0.1, 0.15) is 33.6 Å². The maximum atomic E-state index is 12.6. The zero-order valence-corrected chi connectivity index (χ0v) is 15.7. The molecule has 2 atom stereocenters. The molecule has 6 nitrogen and oxygen atoms in total. The highest BCUT2D eigenvalue weighted by atomic mass is 16.2. The van der Waals surface area contributed by atoms with E-state index in [1.54, 1.807) is 9.80 Å². The third-order valence-corrected chi connectivity index (χ3v) is 5.03. The Balaban J connectivity index is 1.54. The Morgan fingerprint density at radius 2 is 1.81 bits per heavy atom. The molecule has 2 saturated heterocycles. The van der Waals surface area contributed by atoms with E-state index in [1.807, 2.05) is 51.1 Å². The van der Waals surface area contributed by atoms with Crippen LogP contribution in [0, 0.1) is 11.3 Å². The van der Waals surface area contributed by atoms with Crippen molar-refractivity contribution in [3.8, 4) is 0 Å². The van der Waals surface area contributed by atoms with Gasteiger partial charge in [-0.25, -0.2) is 0 Å². The molecule has 140 valence electrons. The number of carbonyl (C=O) groups is 3. The van der Waals surface area contributed by atoms with Gasteiger partial charge in [0.25, 0.3) is 5.91 Å². The zero-order chi connectivity index (χ0) is 18.9. The molecule has 1 N–H and O–H groups in total. The summed E-state index contributed by atoms with van der Waals surface area (Å²) in [6.45, 7) is 7.31. The van der Waals surface area contributed by atoms with E-state index >= 15 is 0 Å². The SMILES string of the molecule is CC(C)(C)C(=O)N1CCCC(C(=O)NC2CN(c3ccccc3)C2=O)C1. The number of hydrogen-bond acceptors (Lipinski definition) is 3. The standard InChI is InChI=1S/C20H27N3O3/c1-20(2,3)19(26)22-11-7-8-14(12-22)17(24)21-16-13-23(18(16)25)15-9-5-4-6-10-15/h4-6,9-10,14,16H,7-8,11-13H2,1-3H3,(H,21,24). The van der Waals surface area contributed by atoms with Crippen LogP contribution in [0.4, 0.5) is 5.69 Å². The van der Waals surface area contributed by atoms with Gasteiger partial charge in [-0.1, -0.05) is 39.0 Å². The number of amides is 3. The third-order valence-electron chi connectivity index (χ3n) is 5.03. The molecule has 2 aliphatic rings. The van der Waals surface area contributed by atoms with Crippen molar-refractivity contribution in [3.63, 3.8) is 0 Å². The maximum absolute atomic E-state index is 12.6. The van der Waals surface area contributed by atoms with Crippen molar-refractivity contribution in [2.75, 3.05) is 24.5 Å².